The Morgan fingerprint density at radius 3 is 2.53 bits per heavy atom. The van der Waals surface area contributed by atoms with Gasteiger partial charge in [0.05, 0.1) is 5.33 Å². The number of ether oxygens (including phenoxy) is 1. The van der Waals surface area contributed by atoms with E-state index in [9.17, 15) is 4.79 Å². The maximum absolute atomic E-state index is 11.1. The molecule has 0 bridgehead atoms. The molecule has 1 rings (SSSR count). The minimum absolute atomic E-state index is 0.0636. The number of hydrogen-bond acceptors (Lipinski definition) is 3. The Labute approximate surface area is 110 Å². The van der Waals surface area contributed by atoms with Crippen LogP contribution in [0.5, 0.6) is 5.75 Å². The van der Waals surface area contributed by atoms with Gasteiger partial charge in [-0.3, -0.25) is 4.79 Å². The fourth-order valence-corrected chi connectivity index (χ4v) is 1.32. The minimum Gasteiger partial charge on any atom is -0.492 e. The molecule has 0 radical (unpaired) electrons. The van der Waals surface area contributed by atoms with Gasteiger partial charge in [-0.15, -0.1) is 0 Å². The van der Waals surface area contributed by atoms with Crippen LogP contribution in [0.15, 0.2) is 24.3 Å². The van der Waals surface area contributed by atoms with Crippen LogP contribution in [0.3, 0.4) is 0 Å². The summed E-state index contributed by atoms with van der Waals surface area (Å²) in [5.74, 6) is 0.745. The molecule has 0 heterocycles. The lowest BCUT2D eigenvalue weighted by Gasteiger charge is -2.11. The topological polar surface area (TPSA) is 41.6 Å². The molecule has 94 valence electrons. The van der Waals surface area contributed by atoms with Gasteiger partial charge in [0.1, 0.15) is 12.4 Å². The number of likely N-dealkylation sites (N-methyl/N-ethyl adjacent to an activating group) is 1. The van der Waals surface area contributed by atoms with Crippen LogP contribution < -0.4 is 10.1 Å². The second-order valence-corrected chi connectivity index (χ2v) is 4.42. The Kier molecular flexibility index (Phi) is 6.00. The molecule has 0 saturated carbocycles. The van der Waals surface area contributed by atoms with E-state index in [0.717, 1.165) is 18.0 Å². The number of anilines is 1. The summed E-state index contributed by atoms with van der Waals surface area (Å²) in [7, 11) is 4.00. The Bertz CT molecular complexity index is 352. The quantitative estimate of drug-likeness (QED) is 0.817. The lowest BCUT2D eigenvalue weighted by Crippen LogP contribution is -2.19. The Morgan fingerprint density at radius 1 is 1.35 bits per heavy atom. The molecule has 1 aromatic carbocycles. The normalized spacial score (nSPS) is 10.4. The van der Waals surface area contributed by atoms with E-state index in [4.69, 9.17) is 4.74 Å². The van der Waals surface area contributed by atoms with E-state index in [-0.39, 0.29) is 5.91 Å². The molecule has 0 aromatic heterocycles. The van der Waals surface area contributed by atoms with Crippen molar-refractivity contribution in [2.75, 3.05) is 37.9 Å². The number of carbonyl (C=O) groups is 1. The van der Waals surface area contributed by atoms with E-state index >= 15 is 0 Å². The molecule has 5 heteroatoms. The van der Waals surface area contributed by atoms with Crippen molar-refractivity contribution in [3.63, 3.8) is 0 Å². The molecule has 0 aliphatic carbocycles. The summed E-state index contributed by atoms with van der Waals surface area (Å²) in [6.07, 6.45) is 0. The molecule has 1 aromatic rings. The van der Waals surface area contributed by atoms with Crippen LogP contribution in [0.2, 0.25) is 0 Å². The smallest absolute Gasteiger partial charge is 0.235 e. The van der Waals surface area contributed by atoms with Gasteiger partial charge in [-0.25, -0.2) is 0 Å². The molecule has 1 N–H and O–H groups in total. The van der Waals surface area contributed by atoms with Crippen LogP contribution in [0.4, 0.5) is 5.69 Å². The molecule has 0 atom stereocenters. The number of halogens is 1. The average Bonchev–Trinajstić information content (AvgIpc) is 2.31. The monoisotopic (exact) mass is 300 g/mol. The summed E-state index contributed by atoms with van der Waals surface area (Å²) in [6.45, 7) is 1.53. The average molecular weight is 301 g/mol. The number of rotatable bonds is 6. The molecule has 1 amide bonds. The second-order valence-electron chi connectivity index (χ2n) is 3.86. The molecule has 0 aliphatic rings. The maximum Gasteiger partial charge on any atom is 0.235 e. The van der Waals surface area contributed by atoms with Crippen molar-refractivity contribution in [2.45, 2.75) is 0 Å². The standard InChI is InChI=1S/C12H17BrN2O2/c1-15(2)7-8-17-11-5-3-10(4-6-11)14-12(16)9-13/h3-6H,7-9H2,1-2H3,(H,14,16). The van der Waals surface area contributed by atoms with E-state index in [1.807, 2.05) is 38.4 Å². The summed E-state index contributed by atoms with van der Waals surface area (Å²) in [6, 6.07) is 7.34. The predicted molar refractivity (Wildman–Crippen MR) is 72.9 cm³/mol. The van der Waals surface area contributed by atoms with Crippen LogP contribution in [-0.4, -0.2) is 43.4 Å². The van der Waals surface area contributed by atoms with Gasteiger partial charge in [-0.2, -0.15) is 0 Å². The van der Waals surface area contributed by atoms with Crippen LogP contribution in [-0.2, 0) is 4.79 Å². The number of nitrogens with one attached hydrogen (secondary N) is 1. The van der Waals surface area contributed by atoms with Crippen molar-refractivity contribution in [1.82, 2.24) is 4.90 Å². The van der Waals surface area contributed by atoms with E-state index in [0.29, 0.717) is 11.9 Å². The number of carbonyl (C=O) groups excluding carboxylic acids is 1. The highest BCUT2D eigenvalue weighted by Gasteiger charge is 2.00. The van der Waals surface area contributed by atoms with Crippen molar-refractivity contribution in [3.8, 4) is 5.75 Å². The Balaban J connectivity index is 2.42. The van der Waals surface area contributed by atoms with Crippen LogP contribution in [0, 0.1) is 0 Å². The third-order valence-electron chi connectivity index (χ3n) is 2.07. The fraction of sp³-hybridized carbons (Fsp3) is 0.417. The summed E-state index contributed by atoms with van der Waals surface area (Å²) in [5.41, 5.74) is 0.773. The van der Waals surface area contributed by atoms with Crippen LogP contribution in [0.1, 0.15) is 0 Å². The predicted octanol–water partition coefficient (Wildman–Crippen LogP) is 1.96. The van der Waals surface area contributed by atoms with Crippen molar-refractivity contribution < 1.29 is 9.53 Å². The van der Waals surface area contributed by atoms with E-state index < -0.39 is 0 Å². The highest BCUT2D eigenvalue weighted by atomic mass is 79.9. The van der Waals surface area contributed by atoms with Gasteiger partial charge in [0.25, 0.3) is 0 Å². The van der Waals surface area contributed by atoms with E-state index in [1.165, 1.54) is 0 Å². The molecule has 17 heavy (non-hydrogen) atoms. The number of nitrogens with zero attached hydrogens (tertiary/aromatic N) is 1. The molecular weight excluding hydrogens is 284 g/mol. The van der Waals surface area contributed by atoms with Crippen molar-refractivity contribution in [2.24, 2.45) is 0 Å². The fourth-order valence-electron chi connectivity index (χ4n) is 1.17. The zero-order valence-corrected chi connectivity index (χ0v) is 11.7. The first-order valence-electron chi connectivity index (χ1n) is 5.35. The lowest BCUT2D eigenvalue weighted by atomic mass is 10.3. The number of hydrogen-bond donors (Lipinski definition) is 1. The van der Waals surface area contributed by atoms with E-state index in [1.54, 1.807) is 0 Å². The van der Waals surface area contributed by atoms with Gasteiger partial charge >= 0.3 is 0 Å². The maximum atomic E-state index is 11.1. The van der Waals surface area contributed by atoms with Gasteiger partial charge in [0.15, 0.2) is 0 Å². The minimum atomic E-state index is -0.0636. The Morgan fingerprint density at radius 2 is 2.00 bits per heavy atom. The van der Waals surface area contributed by atoms with Gasteiger partial charge < -0.3 is 15.0 Å². The van der Waals surface area contributed by atoms with Crippen LogP contribution >= 0.6 is 15.9 Å². The second kappa shape index (κ2) is 7.29. The first kappa shape index (κ1) is 14.0. The zero-order valence-electron chi connectivity index (χ0n) is 10.1. The van der Waals surface area contributed by atoms with Gasteiger partial charge in [-0.1, -0.05) is 15.9 Å². The molecule has 0 unspecified atom stereocenters. The zero-order chi connectivity index (χ0) is 12.7. The molecule has 0 saturated heterocycles. The SMILES string of the molecule is CN(C)CCOc1ccc(NC(=O)CBr)cc1. The first-order valence-corrected chi connectivity index (χ1v) is 6.47. The van der Waals surface area contributed by atoms with Gasteiger partial charge in [-0.05, 0) is 38.4 Å². The van der Waals surface area contributed by atoms with Gasteiger partial charge in [0.2, 0.25) is 5.91 Å². The lowest BCUT2D eigenvalue weighted by molar-refractivity contribution is -0.113. The molecule has 0 aliphatic heterocycles. The van der Waals surface area contributed by atoms with Crippen molar-refractivity contribution in [1.29, 1.82) is 0 Å². The third kappa shape index (κ3) is 5.70. The van der Waals surface area contributed by atoms with Crippen LogP contribution in [0.25, 0.3) is 0 Å². The third-order valence-corrected chi connectivity index (χ3v) is 2.58. The summed E-state index contributed by atoms with van der Waals surface area (Å²) in [5, 5.41) is 3.04. The number of benzene rings is 1. The van der Waals surface area contributed by atoms with E-state index in [2.05, 4.69) is 26.1 Å². The first-order chi connectivity index (χ1) is 8.11. The van der Waals surface area contributed by atoms with Gasteiger partial charge in [0, 0.05) is 12.2 Å². The highest BCUT2D eigenvalue weighted by Crippen LogP contribution is 2.15. The number of alkyl halides is 1. The number of amides is 1. The molecular formula is C12H17BrN2O2. The van der Waals surface area contributed by atoms with Crippen molar-refractivity contribution in [3.05, 3.63) is 24.3 Å². The summed E-state index contributed by atoms with van der Waals surface area (Å²) >= 11 is 3.09. The largest absolute Gasteiger partial charge is 0.492 e. The summed E-state index contributed by atoms with van der Waals surface area (Å²) in [4.78, 5) is 13.2. The van der Waals surface area contributed by atoms with Crippen molar-refractivity contribution >= 4 is 27.5 Å². The molecule has 0 fully saturated rings. The highest BCUT2D eigenvalue weighted by molar-refractivity contribution is 9.09. The Hall–Kier alpha value is -1.07. The molecule has 0 spiro atoms. The molecule has 4 nitrogen and oxygen atoms in total. The summed E-state index contributed by atoms with van der Waals surface area (Å²) < 4.78 is 5.54.